The van der Waals surface area contributed by atoms with Crippen LogP contribution in [0.2, 0.25) is 0 Å². The van der Waals surface area contributed by atoms with Gasteiger partial charge < -0.3 is 10.2 Å². The number of allylic oxidation sites excluding steroid dienone is 9. The first-order valence-corrected chi connectivity index (χ1v) is 11.8. The molecule has 0 amide bonds. The maximum Gasteiger partial charge on any atom is 0.0643 e. The van der Waals surface area contributed by atoms with E-state index < -0.39 is 0 Å². The van der Waals surface area contributed by atoms with Crippen LogP contribution < -0.4 is 5.32 Å². The van der Waals surface area contributed by atoms with Crippen molar-refractivity contribution >= 4 is 17.0 Å². The van der Waals surface area contributed by atoms with Gasteiger partial charge in [-0.15, -0.1) is 5.73 Å². The summed E-state index contributed by atoms with van der Waals surface area (Å²) in [5.41, 5.74) is 12.4. The van der Waals surface area contributed by atoms with Crippen molar-refractivity contribution in [3.05, 3.63) is 83.1 Å². The Morgan fingerprint density at radius 3 is 2.88 bits per heavy atom. The summed E-state index contributed by atoms with van der Waals surface area (Å²) in [6.45, 7) is 11.1. The highest BCUT2D eigenvalue weighted by Gasteiger charge is 2.22. The first-order chi connectivity index (χ1) is 15.6. The molecule has 4 nitrogen and oxygen atoms in total. The van der Waals surface area contributed by atoms with Crippen molar-refractivity contribution in [3.8, 4) is 0 Å². The SMILES string of the molecule is C=C=C(Nc1cnc2c(c1)C(C1=C/C(=C/C)C(=NCC)C=C1)=CCC2)C1CCN(C)CC1. The molecule has 2 heterocycles. The third-order valence-electron chi connectivity index (χ3n) is 6.56. The van der Waals surface area contributed by atoms with Crippen LogP contribution in [-0.4, -0.2) is 42.3 Å². The molecule has 1 saturated heterocycles. The van der Waals surface area contributed by atoms with Crippen molar-refractivity contribution in [2.45, 2.75) is 39.5 Å². The van der Waals surface area contributed by atoms with E-state index in [0.29, 0.717) is 5.92 Å². The van der Waals surface area contributed by atoms with Crippen LogP contribution in [0.3, 0.4) is 0 Å². The molecule has 3 aliphatic rings. The second kappa shape index (κ2) is 10.1. The summed E-state index contributed by atoms with van der Waals surface area (Å²) in [5, 5.41) is 3.60. The van der Waals surface area contributed by atoms with Gasteiger partial charge in [-0.25, -0.2) is 0 Å². The maximum atomic E-state index is 4.83. The molecule has 2 aliphatic carbocycles. The predicted molar refractivity (Wildman–Crippen MR) is 136 cm³/mol. The van der Waals surface area contributed by atoms with Crippen LogP contribution in [0.25, 0.3) is 5.57 Å². The molecule has 0 unspecified atom stereocenters. The number of aryl methyl sites for hydroxylation is 1. The molecule has 1 aromatic rings. The van der Waals surface area contributed by atoms with E-state index in [2.05, 4.69) is 84.9 Å². The van der Waals surface area contributed by atoms with Gasteiger partial charge in [0.2, 0.25) is 0 Å². The van der Waals surface area contributed by atoms with E-state index >= 15 is 0 Å². The number of aliphatic imine (C=N–C) groups is 1. The van der Waals surface area contributed by atoms with E-state index in [1.165, 1.54) is 28.0 Å². The van der Waals surface area contributed by atoms with Crippen molar-refractivity contribution in [3.63, 3.8) is 0 Å². The number of nitrogens with zero attached hydrogens (tertiary/aromatic N) is 3. The Hall–Kier alpha value is -2.94. The number of aromatic nitrogens is 1. The van der Waals surface area contributed by atoms with E-state index in [-0.39, 0.29) is 0 Å². The topological polar surface area (TPSA) is 40.5 Å². The fraction of sp³-hybridized carbons (Fsp3) is 0.393. The van der Waals surface area contributed by atoms with Crippen molar-refractivity contribution in [1.82, 2.24) is 9.88 Å². The highest BCUT2D eigenvalue weighted by atomic mass is 15.1. The van der Waals surface area contributed by atoms with E-state index in [0.717, 1.165) is 62.4 Å². The Morgan fingerprint density at radius 1 is 1.34 bits per heavy atom. The Kier molecular flexibility index (Phi) is 7.04. The van der Waals surface area contributed by atoms with Crippen LogP contribution in [0.1, 0.15) is 44.4 Å². The average Bonchev–Trinajstić information content (AvgIpc) is 2.83. The second-order valence-corrected chi connectivity index (χ2v) is 8.70. The van der Waals surface area contributed by atoms with E-state index in [1.807, 2.05) is 6.20 Å². The van der Waals surface area contributed by atoms with Gasteiger partial charge in [-0.2, -0.15) is 0 Å². The first-order valence-electron chi connectivity index (χ1n) is 11.8. The lowest BCUT2D eigenvalue weighted by Crippen LogP contribution is -2.32. The summed E-state index contributed by atoms with van der Waals surface area (Å²) in [6.07, 6.45) is 17.3. The highest BCUT2D eigenvalue weighted by molar-refractivity contribution is 6.13. The molecule has 0 spiro atoms. The number of pyridine rings is 1. The van der Waals surface area contributed by atoms with Crippen LogP contribution in [0.15, 0.2) is 76.8 Å². The quantitative estimate of drug-likeness (QED) is 0.611. The molecule has 1 aromatic heterocycles. The van der Waals surface area contributed by atoms with Crippen molar-refractivity contribution < 1.29 is 0 Å². The zero-order valence-electron chi connectivity index (χ0n) is 19.6. The van der Waals surface area contributed by atoms with Gasteiger partial charge in [0.25, 0.3) is 0 Å². The fourth-order valence-electron chi connectivity index (χ4n) is 4.74. The summed E-state index contributed by atoms with van der Waals surface area (Å²) >= 11 is 0. The standard InChI is InChI=1S/C28H34N4/c1-5-20-17-22(11-12-27(20)29-7-3)24-9-8-10-28-25(24)18-23(19-30-28)31-26(6-2)21-13-15-32(4)16-14-21/h5,9,11-12,17-19,21,31H,2,7-8,10,13-16H2,1,3-4H3/b20-5-,29-27?. The number of rotatable bonds is 5. The number of likely N-dealkylation sites (tertiary alicyclic amines) is 1. The summed E-state index contributed by atoms with van der Waals surface area (Å²) in [6, 6.07) is 2.25. The largest absolute Gasteiger partial charge is 0.351 e. The highest BCUT2D eigenvalue weighted by Crippen LogP contribution is 2.35. The molecule has 0 saturated carbocycles. The maximum absolute atomic E-state index is 4.83. The minimum Gasteiger partial charge on any atom is -0.351 e. The number of piperidine rings is 1. The normalized spacial score (nSPS) is 21.7. The lowest BCUT2D eigenvalue weighted by Gasteiger charge is -2.30. The monoisotopic (exact) mass is 426 g/mol. The van der Waals surface area contributed by atoms with Crippen molar-refractivity contribution in [2.75, 3.05) is 32.0 Å². The number of hydrogen-bond acceptors (Lipinski definition) is 4. The molecule has 32 heavy (non-hydrogen) atoms. The van der Waals surface area contributed by atoms with Gasteiger partial charge in [-0.1, -0.05) is 24.8 Å². The van der Waals surface area contributed by atoms with Crippen LogP contribution in [0.4, 0.5) is 5.69 Å². The summed E-state index contributed by atoms with van der Waals surface area (Å²) in [7, 11) is 2.19. The lowest BCUT2D eigenvalue weighted by molar-refractivity contribution is 0.239. The zero-order chi connectivity index (χ0) is 22.5. The molecule has 4 heteroatoms. The van der Waals surface area contributed by atoms with Gasteiger partial charge in [-0.05, 0) is 94.6 Å². The smallest absolute Gasteiger partial charge is 0.0643 e. The Morgan fingerprint density at radius 2 is 2.16 bits per heavy atom. The molecule has 0 aromatic carbocycles. The third kappa shape index (κ3) is 4.77. The summed E-state index contributed by atoms with van der Waals surface area (Å²) in [5.74, 6) is 0.479. The van der Waals surface area contributed by atoms with E-state index in [4.69, 9.17) is 4.98 Å². The molecule has 0 bridgehead atoms. The van der Waals surface area contributed by atoms with Crippen LogP contribution >= 0.6 is 0 Å². The predicted octanol–water partition coefficient (Wildman–Crippen LogP) is 5.74. The second-order valence-electron chi connectivity index (χ2n) is 8.70. The van der Waals surface area contributed by atoms with E-state index in [9.17, 15) is 0 Å². The minimum atomic E-state index is 0.479. The number of fused-ring (bicyclic) bond motifs is 1. The zero-order valence-corrected chi connectivity index (χ0v) is 19.6. The molecule has 1 N–H and O–H groups in total. The summed E-state index contributed by atoms with van der Waals surface area (Å²) in [4.78, 5) is 11.8. The minimum absolute atomic E-state index is 0.479. The molecule has 0 radical (unpaired) electrons. The molecule has 1 fully saturated rings. The van der Waals surface area contributed by atoms with Gasteiger partial charge in [0.1, 0.15) is 0 Å². The molecular weight excluding hydrogens is 392 g/mol. The van der Waals surface area contributed by atoms with Crippen molar-refractivity contribution in [1.29, 1.82) is 0 Å². The number of anilines is 1. The van der Waals surface area contributed by atoms with Gasteiger partial charge in [0, 0.05) is 23.7 Å². The Bertz CT molecular complexity index is 1070. The van der Waals surface area contributed by atoms with Crippen LogP contribution in [-0.2, 0) is 6.42 Å². The first kappa shape index (κ1) is 22.3. The average molecular weight is 427 g/mol. The lowest BCUT2D eigenvalue weighted by atomic mass is 9.86. The van der Waals surface area contributed by atoms with Gasteiger partial charge >= 0.3 is 0 Å². The molecule has 0 atom stereocenters. The van der Waals surface area contributed by atoms with Crippen LogP contribution in [0, 0.1) is 5.92 Å². The van der Waals surface area contributed by atoms with Gasteiger partial charge in [0.15, 0.2) is 0 Å². The van der Waals surface area contributed by atoms with Crippen LogP contribution in [0.5, 0.6) is 0 Å². The summed E-state index contributed by atoms with van der Waals surface area (Å²) < 4.78 is 0. The molecular formula is C28H34N4. The van der Waals surface area contributed by atoms with Gasteiger partial charge in [0.05, 0.1) is 23.3 Å². The van der Waals surface area contributed by atoms with Gasteiger partial charge in [-0.3, -0.25) is 9.98 Å². The van der Waals surface area contributed by atoms with E-state index in [1.54, 1.807) is 0 Å². The molecule has 1 aliphatic heterocycles. The number of nitrogens with one attached hydrogen (secondary N) is 1. The fourth-order valence-corrected chi connectivity index (χ4v) is 4.74. The van der Waals surface area contributed by atoms with Crippen molar-refractivity contribution in [2.24, 2.45) is 10.9 Å². The Labute approximate surface area is 192 Å². The molecule has 166 valence electrons. The third-order valence-corrected chi connectivity index (χ3v) is 6.56. The molecule has 4 rings (SSSR count). The number of hydrogen-bond donors (Lipinski definition) is 1. The Balaban J connectivity index is 1.60.